The Hall–Kier alpha value is -0.160. The lowest BCUT2D eigenvalue weighted by atomic mass is 10.1. The fraction of sp³-hybridized carbons (Fsp3) is 1.00. The Bertz CT molecular complexity index is 191. The molecule has 0 saturated carbocycles. The first-order chi connectivity index (χ1) is 7.51. The predicted molar refractivity (Wildman–Crippen MR) is 63.5 cm³/mol. The summed E-state index contributed by atoms with van der Waals surface area (Å²) < 4.78 is 10.4. The Morgan fingerprint density at radius 1 is 1.38 bits per heavy atom. The minimum absolute atomic E-state index is 0.591. The number of β-amino-alcohol motifs (C(OH)–C–C–N with tert-alkyl or cyclic N) is 1. The van der Waals surface area contributed by atoms with Crippen LogP contribution >= 0.6 is 0 Å². The van der Waals surface area contributed by atoms with E-state index in [1.165, 1.54) is 6.42 Å². The van der Waals surface area contributed by atoms with Crippen molar-refractivity contribution in [2.24, 2.45) is 5.92 Å². The summed E-state index contributed by atoms with van der Waals surface area (Å²) in [5, 5.41) is 9.72. The van der Waals surface area contributed by atoms with Crippen molar-refractivity contribution in [1.82, 2.24) is 4.90 Å². The van der Waals surface area contributed by atoms with Crippen molar-refractivity contribution in [1.29, 1.82) is 0 Å². The first kappa shape index (κ1) is 13.9. The minimum Gasteiger partial charge on any atom is -0.389 e. The zero-order valence-corrected chi connectivity index (χ0v) is 10.7. The number of ether oxygens (including phenoxy) is 2. The predicted octanol–water partition coefficient (Wildman–Crippen LogP) is 0.742. The lowest BCUT2D eigenvalue weighted by Crippen LogP contribution is -2.37. The zero-order valence-electron chi connectivity index (χ0n) is 10.7. The van der Waals surface area contributed by atoms with Gasteiger partial charge in [-0.1, -0.05) is 0 Å². The van der Waals surface area contributed by atoms with Gasteiger partial charge in [-0.3, -0.25) is 0 Å². The van der Waals surface area contributed by atoms with Gasteiger partial charge in [0.15, 0.2) is 0 Å². The van der Waals surface area contributed by atoms with Gasteiger partial charge in [-0.2, -0.15) is 0 Å². The molecule has 0 aromatic rings. The molecule has 4 heteroatoms. The molecule has 0 radical (unpaired) electrons. The summed E-state index contributed by atoms with van der Waals surface area (Å²) in [4.78, 5) is 2.31. The van der Waals surface area contributed by atoms with Crippen molar-refractivity contribution in [3.8, 4) is 0 Å². The molecular weight excluding hydrogens is 206 g/mol. The van der Waals surface area contributed by atoms with E-state index < -0.39 is 5.60 Å². The molecule has 1 heterocycles. The summed E-state index contributed by atoms with van der Waals surface area (Å²) in [5.74, 6) is 0.610. The second-order valence-electron chi connectivity index (χ2n) is 5.27. The number of nitrogens with zero attached hydrogens (tertiary/aromatic N) is 1. The molecule has 1 aliphatic heterocycles. The molecule has 16 heavy (non-hydrogen) atoms. The number of likely N-dealkylation sites (tertiary alicyclic amines) is 1. The molecule has 0 aromatic heterocycles. The van der Waals surface area contributed by atoms with Gasteiger partial charge in [-0.15, -0.1) is 0 Å². The van der Waals surface area contributed by atoms with E-state index in [9.17, 15) is 5.11 Å². The standard InChI is InChI=1S/C12H25NO3/c1-12(2,14)10-13-5-4-11(8-13)9-16-7-6-15-3/h11,14H,4-10H2,1-3H3/t11-/m1/s1. The average molecular weight is 231 g/mol. The number of hydrogen-bond donors (Lipinski definition) is 1. The fourth-order valence-electron chi connectivity index (χ4n) is 2.13. The quantitative estimate of drug-likeness (QED) is 0.656. The summed E-state index contributed by atoms with van der Waals surface area (Å²) >= 11 is 0. The van der Waals surface area contributed by atoms with Crippen LogP contribution < -0.4 is 0 Å². The molecule has 1 saturated heterocycles. The van der Waals surface area contributed by atoms with Crippen LogP contribution in [0.15, 0.2) is 0 Å². The Morgan fingerprint density at radius 2 is 2.12 bits per heavy atom. The molecule has 0 aromatic carbocycles. The van der Waals surface area contributed by atoms with E-state index in [1.54, 1.807) is 7.11 Å². The van der Waals surface area contributed by atoms with E-state index in [0.29, 0.717) is 19.1 Å². The Labute approximate surface area is 98.5 Å². The third-order valence-electron chi connectivity index (χ3n) is 2.77. The van der Waals surface area contributed by atoms with E-state index in [0.717, 1.165) is 26.2 Å². The average Bonchev–Trinajstić information content (AvgIpc) is 2.58. The van der Waals surface area contributed by atoms with Crippen LogP contribution in [0.2, 0.25) is 0 Å². The van der Waals surface area contributed by atoms with E-state index >= 15 is 0 Å². The molecule has 1 atom stereocenters. The highest BCUT2D eigenvalue weighted by Crippen LogP contribution is 2.18. The number of methoxy groups -OCH3 is 1. The van der Waals surface area contributed by atoms with E-state index in [4.69, 9.17) is 9.47 Å². The van der Waals surface area contributed by atoms with Crippen molar-refractivity contribution in [2.75, 3.05) is 46.6 Å². The van der Waals surface area contributed by atoms with Crippen LogP contribution in [-0.2, 0) is 9.47 Å². The van der Waals surface area contributed by atoms with Gasteiger partial charge in [-0.25, -0.2) is 0 Å². The summed E-state index contributed by atoms with van der Waals surface area (Å²) in [6.45, 7) is 8.73. The second-order valence-corrected chi connectivity index (χ2v) is 5.27. The van der Waals surface area contributed by atoms with Crippen molar-refractivity contribution < 1.29 is 14.6 Å². The van der Waals surface area contributed by atoms with E-state index in [-0.39, 0.29) is 0 Å². The van der Waals surface area contributed by atoms with Gasteiger partial charge in [0.2, 0.25) is 0 Å². The smallest absolute Gasteiger partial charge is 0.0718 e. The molecule has 1 fully saturated rings. The molecule has 0 amide bonds. The Morgan fingerprint density at radius 3 is 2.75 bits per heavy atom. The minimum atomic E-state index is -0.591. The highest BCUT2D eigenvalue weighted by molar-refractivity contribution is 4.80. The maximum atomic E-state index is 9.72. The summed E-state index contributed by atoms with van der Waals surface area (Å²) in [6.07, 6.45) is 1.17. The highest BCUT2D eigenvalue weighted by atomic mass is 16.5. The SMILES string of the molecule is COCCOC[C@@H]1CCN(CC(C)(C)O)C1. The van der Waals surface area contributed by atoms with Crippen LogP contribution in [0.25, 0.3) is 0 Å². The van der Waals surface area contributed by atoms with Crippen LogP contribution in [0.5, 0.6) is 0 Å². The molecule has 0 spiro atoms. The summed E-state index contributed by atoms with van der Waals surface area (Å²) in [5.41, 5.74) is -0.591. The molecule has 0 bridgehead atoms. The van der Waals surface area contributed by atoms with Gasteiger partial charge in [0.25, 0.3) is 0 Å². The number of aliphatic hydroxyl groups is 1. The van der Waals surface area contributed by atoms with Crippen LogP contribution in [0.3, 0.4) is 0 Å². The van der Waals surface area contributed by atoms with E-state index in [2.05, 4.69) is 4.90 Å². The van der Waals surface area contributed by atoms with Crippen LogP contribution in [0, 0.1) is 5.92 Å². The maximum Gasteiger partial charge on any atom is 0.0718 e. The van der Waals surface area contributed by atoms with Crippen LogP contribution in [0.4, 0.5) is 0 Å². The van der Waals surface area contributed by atoms with Crippen LogP contribution in [0.1, 0.15) is 20.3 Å². The van der Waals surface area contributed by atoms with Gasteiger partial charge < -0.3 is 19.5 Å². The highest BCUT2D eigenvalue weighted by Gasteiger charge is 2.26. The third kappa shape index (κ3) is 5.80. The largest absolute Gasteiger partial charge is 0.389 e. The molecule has 4 nitrogen and oxygen atoms in total. The van der Waals surface area contributed by atoms with Gasteiger partial charge in [0.05, 0.1) is 25.4 Å². The molecule has 0 aliphatic carbocycles. The molecular formula is C12H25NO3. The first-order valence-electron chi connectivity index (χ1n) is 6.02. The van der Waals surface area contributed by atoms with Crippen LogP contribution in [-0.4, -0.2) is 62.2 Å². The van der Waals surface area contributed by atoms with E-state index in [1.807, 2.05) is 13.8 Å². The van der Waals surface area contributed by atoms with Gasteiger partial charge in [-0.05, 0) is 32.7 Å². The topological polar surface area (TPSA) is 41.9 Å². The first-order valence-corrected chi connectivity index (χ1v) is 6.02. The molecule has 96 valence electrons. The zero-order chi connectivity index (χ0) is 12.0. The monoisotopic (exact) mass is 231 g/mol. The maximum absolute atomic E-state index is 9.72. The molecule has 1 N–H and O–H groups in total. The van der Waals surface area contributed by atoms with Crippen molar-refractivity contribution >= 4 is 0 Å². The number of hydrogen-bond acceptors (Lipinski definition) is 4. The summed E-state index contributed by atoms with van der Waals surface area (Å²) in [7, 11) is 1.68. The van der Waals surface area contributed by atoms with Gasteiger partial charge in [0, 0.05) is 20.2 Å². The lowest BCUT2D eigenvalue weighted by Gasteiger charge is -2.25. The Kier molecular flexibility index (Phi) is 5.69. The second kappa shape index (κ2) is 6.55. The fourth-order valence-corrected chi connectivity index (χ4v) is 2.13. The Balaban J connectivity index is 2.10. The molecule has 0 unspecified atom stereocenters. The van der Waals surface area contributed by atoms with Gasteiger partial charge >= 0.3 is 0 Å². The normalized spacial score (nSPS) is 22.9. The van der Waals surface area contributed by atoms with Gasteiger partial charge in [0.1, 0.15) is 0 Å². The lowest BCUT2D eigenvalue weighted by molar-refractivity contribution is 0.0350. The van der Waals surface area contributed by atoms with Crippen molar-refractivity contribution in [3.05, 3.63) is 0 Å². The number of rotatable bonds is 7. The molecule has 1 aliphatic rings. The summed E-state index contributed by atoms with van der Waals surface area (Å²) in [6, 6.07) is 0. The molecule has 1 rings (SSSR count). The van der Waals surface area contributed by atoms with Crippen molar-refractivity contribution in [2.45, 2.75) is 25.9 Å². The van der Waals surface area contributed by atoms with Crippen molar-refractivity contribution in [3.63, 3.8) is 0 Å². The third-order valence-corrected chi connectivity index (χ3v) is 2.77.